The fraction of sp³-hybridized carbons (Fsp3) is 0.545. The van der Waals surface area contributed by atoms with Gasteiger partial charge in [-0.1, -0.05) is 0 Å². The minimum absolute atomic E-state index is 0.125. The molecular formula is C11H13NO6S. The second kappa shape index (κ2) is 5.22. The topological polar surface area (TPSA) is 104 Å². The van der Waals surface area contributed by atoms with Gasteiger partial charge in [-0.2, -0.15) is 0 Å². The van der Waals surface area contributed by atoms with Crippen molar-refractivity contribution in [2.45, 2.75) is 12.3 Å². The molecule has 2 heterocycles. The predicted octanol–water partition coefficient (Wildman–Crippen LogP) is -0.588. The highest BCUT2D eigenvalue weighted by atomic mass is 32.2. The van der Waals surface area contributed by atoms with E-state index in [0.29, 0.717) is 11.3 Å². The number of aliphatic carboxylic acids is 1. The Morgan fingerprint density at radius 3 is 2.74 bits per heavy atom. The number of esters is 1. The molecule has 0 bridgehead atoms. The van der Waals surface area contributed by atoms with Crippen LogP contribution in [0.4, 0.5) is 0 Å². The number of hydrogen-bond acceptors (Lipinski definition) is 6. The van der Waals surface area contributed by atoms with Crippen molar-refractivity contribution in [1.82, 2.24) is 4.90 Å². The quantitative estimate of drug-likeness (QED) is 0.526. The SMILES string of the molecule is CC(=O)OCC1=C(C(=O)O)N2C(=O)[C@@H](CO)[C@H]2SC1. The number of amides is 1. The highest BCUT2D eigenvalue weighted by Crippen LogP contribution is 2.43. The molecule has 0 unspecified atom stereocenters. The number of carbonyl (C=O) groups excluding carboxylic acids is 2. The molecule has 0 spiro atoms. The van der Waals surface area contributed by atoms with Gasteiger partial charge in [0.2, 0.25) is 5.91 Å². The monoisotopic (exact) mass is 287 g/mol. The first-order valence-corrected chi connectivity index (χ1v) is 6.66. The van der Waals surface area contributed by atoms with Gasteiger partial charge in [0.05, 0.1) is 17.9 Å². The average Bonchev–Trinajstić information content (AvgIpc) is 2.35. The third-order valence-corrected chi connectivity index (χ3v) is 4.40. The van der Waals surface area contributed by atoms with Crippen molar-refractivity contribution < 1.29 is 29.3 Å². The van der Waals surface area contributed by atoms with Crippen LogP contribution in [0.2, 0.25) is 0 Å². The lowest BCUT2D eigenvalue weighted by Crippen LogP contribution is -2.62. The molecule has 0 saturated carbocycles. The summed E-state index contributed by atoms with van der Waals surface area (Å²) >= 11 is 1.36. The van der Waals surface area contributed by atoms with Crippen molar-refractivity contribution in [3.05, 3.63) is 11.3 Å². The Morgan fingerprint density at radius 2 is 2.21 bits per heavy atom. The van der Waals surface area contributed by atoms with Gasteiger partial charge in [0.1, 0.15) is 12.3 Å². The number of thioether (sulfide) groups is 1. The number of aliphatic hydroxyl groups excluding tert-OH is 1. The zero-order chi connectivity index (χ0) is 14.2. The number of β-lactam (4-membered cyclic amide) rings is 1. The Balaban J connectivity index is 2.25. The predicted molar refractivity (Wildman–Crippen MR) is 65.0 cm³/mol. The molecule has 0 aliphatic carbocycles. The smallest absolute Gasteiger partial charge is 0.352 e. The van der Waals surface area contributed by atoms with Crippen molar-refractivity contribution >= 4 is 29.6 Å². The van der Waals surface area contributed by atoms with Crippen LogP contribution in [-0.4, -0.2) is 57.3 Å². The molecule has 0 aromatic carbocycles. The molecule has 2 rings (SSSR count). The number of nitrogens with zero attached hydrogens (tertiary/aromatic N) is 1. The maximum Gasteiger partial charge on any atom is 0.352 e. The molecule has 0 radical (unpaired) electrons. The first-order valence-electron chi connectivity index (χ1n) is 5.61. The molecule has 7 nitrogen and oxygen atoms in total. The van der Waals surface area contributed by atoms with Crippen LogP contribution >= 0.6 is 11.8 Å². The summed E-state index contributed by atoms with van der Waals surface area (Å²) in [5.41, 5.74) is 0.272. The summed E-state index contributed by atoms with van der Waals surface area (Å²) in [5, 5.41) is 17.9. The van der Waals surface area contributed by atoms with Gasteiger partial charge in [0, 0.05) is 18.2 Å². The molecule has 2 aliphatic rings. The molecular weight excluding hydrogens is 274 g/mol. The first kappa shape index (κ1) is 13.9. The van der Waals surface area contributed by atoms with Gasteiger partial charge in [-0.25, -0.2) is 4.79 Å². The summed E-state index contributed by atoms with van der Waals surface area (Å²) in [4.78, 5) is 35.0. The average molecular weight is 287 g/mol. The summed E-state index contributed by atoms with van der Waals surface area (Å²) in [6.07, 6.45) is 0. The fourth-order valence-corrected chi connectivity index (χ4v) is 3.48. The van der Waals surface area contributed by atoms with Gasteiger partial charge in [-0.15, -0.1) is 11.8 Å². The van der Waals surface area contributed by atoms with Crippen molar-refractivity contribution in [2.24, 2.45) is 5.92 Å². The second-order valence-electron chi connectivity index (χ2n) is 4.24. The number of fused-ring (bicyclic) bond motifs is 1. The molecule has 0 aromatic rings. The maximum absolute atomic E-state index is 11.8. The Labute approximate surface area is 113 Å². The molecule has 104 valence electrons. The van der Waals surface area contributed by atoms with Crippen LogP contribution in [-0.2, 0) is 19.1 Å². The van der Waals surface area contributed by atoms with E-state index < -0.39 is 23.8 Å². The van der Waals surface area contributed by atoms with E-state index in [1.807, 2.05) is 0 Å². The van der Waals surface area contributed by atoms with Gasteiger partial charge >= 0.3 is 11.9 Å². The molecule has 2 aliphatic heterocycles. The zero-order valence-corrected chi connectivity index (χ0v) is 11.0. The van der Waals surface area contributed by atoms with Crippen LogP contribution in [0.3, 0.4) is 0 Å². The van der Waals surface area contributed by atoms with Gasteiger partial charge in [0.15, 0.2) is 0 Å². The number of rotatable bonds is 4. The molecule has 1 amide bonds. The van der Waals surface area contributed by atoms with Crippen LogP contribution in [0.25, 0.3) is 0 Å². The van der Waals surface area contributed by atoms with E-state index in [0.717, 1.165) is 4.90 Å². The summed E-state index contributed by atoms with van der Waals surface area (Å²) < 4.78 is 4.80. The Morgan fingerprint density at radius 1 is 1.53 bits per heavy atom. The molecule has 19 heavy (non-hydrogen) atoms. The molecule has 2 atom stereocenters. The van der Waals surface area contributed by atoms with Gasteiger partial charge in [0.25, 0.3) is 0 Å². The van der Waals surface area contributed by atoms with Gasteiger partial charge < -0.3 is 14.9 Å². The lowest BCUT2D eigenvalue weighted by Gasteiger charge is -2.48. The third-order valence-electron chi connectivity index (χ3n) is 3.01. The van der Waals surface area contributed by atoms with Gasteiger partial charge in [-0.05, 0) is 0 Å². The number of carboxylic acid groups (broad SMARTS) is 1. The van der Waals surface area contributed by atoms with Crippen LogP contribution in [0.1, 0.15) is 6.92 Å². The van der Waals surface area contributed by atoms with E-state index in [2.05, 4.69) is 0 Å². The Bertz CT molecular complexity index is 474. The number of carboxylic acids is 1. The highest BCUT2D eigenvalue weighted by Gasteiger charge is 2.53. The third kappa shape index (κ3) is 2.33. The lowest BCUT2D eigenvalue weighted by molar-refractivity contribution is -0.154. The number of hydrogen-bond donors (Lipinski definition) is 2. The van der Waals surface area contributed by atoms with Gasteiger partial charge in [-0.3, -0.25) is 14.5 Å². The zero-order valence-electron chi connectivity index (χ0n) is 10.2. The number of aliphatic hydroxyl groups is 1. The lowest BCUT2D eigenvalue weighted by atomic mass is 9.96. The van der Waals surface area contributed by atoms with E-state index in [1.54, 1.807) is 0 Å². The fourth-order valence-electron chi connectivity index (χ4n) is 2.10. The molecule has 0 aromatic heterocycles. The van der Waals surface area contributed by atoms with Crippen LogP contribution in [0, 0.1) is 5.92 Å². The second-order valence-corrected chi connectivity index (χ2v) is 5.34. The Kier molecular flexibility index (Phi) is 3.81. The standard InChI is InChI=1S/C11H13NO6S/c1-5(14)18-3-6-4-19-10-7(2-13)9(15)12(10)8(6)11(16)17/h7,10,13H,2-4H2,1H3,(H,16,17)/t7-,10-/m1/s1. The van der Waals surface area contributed by atoms with Crippen molar-refractivity contribution in [3.63, 3.8) is 0 Å². The molecule has 1 saturated heterocycles. The van der Waals surface area contributed by atoms with Crippen molar-refractivity contribution in [1.29, 1.82) is 0 Å². The van der Waals surface area contributed by atoms with E-state index in [-0.39, 0.29) is 24.3 Å². The number of carbonyl (C=O) groups is 3. The summed E-state index contributed by atoms with van der Waals surface area (Å²) in [6, 6.07) is 0. The van der Waals surface area contributed by atoms with E-state index in [4.69, 9.17) is 9.84 Å². The Hall–Kier alpha value is -1.54. The molecule has 1 fully saturated rings. The molecule has 2 N–H and O–H groups in total. The minimum atomic E-state index is -1.22. The maximum atomic E-state index is 11.8. The van der Waals surface area contributed by atoms with E-state index in [1.165, 1.54) is 18.7 Å². The first-order chi connectivity index (χ1) is 8.97. The largest absolute Gasteiger partial charge is 0.477 e. The minimum Gasteiger partial charge on any atom is -0.477 e. The van der Waals surface area contributed by atoms with Crippen LogP contribution in [0.5, 0.6) is 0 Å². The molecule has 8 heteroatoms. The van der Waals surface area contributed by atoms with Crippen molar-refractivity contribution in [2.75, 3.05) is 19.0 Å². The van der Waals surface area contributed by atoms with E-state index >= 15 is 0 Å². The number of ether oxygens (including phenoxy) is 1. The van der Waals surface area contributed by atoms with Crippen LogP contribution < -0.4 is 0 Å². The summed E-state index contributed by atoms with van der Waals surface area (Å²) in [5.74, 6) is -2.32. The summed E-state index contributed by atoms with van der Waals surface area (Å²) in [7, 11) is 0. The summed E-state index contributed by atoms with van der Waals surface area (Å²) in [6.45, 7) is 0.805. The van der Waals surface area contributed by atoms with Crippen molar-refractivity contribution in [3.8, 4) is 0 Å². The normalized spacial score (nSPS) is 25.8. The van der Waals surface area contributed by atoms with Crippen LogP contribution in [0.15, 0.2) is 11.3 Å². The highest BCUT2D eigenvalue weighted by molar-refractivity contribution is 8.00. The van der Waals surface area contributed by atoms with E-state index in [9.17, 15) is 19.5 Å².